The van der Waals surface area contributed by atoms with E-state index in [1.54, 1.807) is 55.3 Å². The van der Waals surface area contributed by atoms with Crippen LogP contribution in [0.1, 0.15) is 19.4 Å². The Morgan fingerprint density at radius 3 is 2.60 bits per heavy atom. The van der Waals surface area contributed by atoms with Crippen molar-refractivity contribution in [3.63, 3.8) is 0 Å². The third-order valence-electron chi connectivity index (χ3n) is 7.32. The number of hydrogen-bond donors (Lipinski definition) is 3. The number of aliphatic hydroxyl groups excluding tert-OH is 1. The Labute approximate surface area is 247 Å². The number of tetrazole rings is 1. The summed E-state index contributed by atoms with van der Waals surface area (Å²) in [6.45, 7) is 4.08. The van der Waals surface area contributed by atoms with Gasteiger partial charge in [-0.15, -0.1) is 5.10 Å². The van der Waals surface area contributed by atoms with Gasteiger partial charge < -0.3 is 39.8 Å². The Bertz CT molecular complexity index is 1470. The molecule has 15 heteroatoms. The predicted molar refractivity (Wildman–Crippen MR) is 153 cm³/mol. The van der Waals surface area contributed by atoms with Crippen molar-refractivity contribution in [2.45, 2.75) is 39.0 Å². The fraction of sp³-hybridized carbons (Fsp3) is 0.429. The third kappa shape index (κ3) is 7.12. The maximum Gasteiger partial charge on any atom is 0.321 e. The molecule has 3 N–H and O–H groups in total. The predicted octanol–water partition coefficient (Wildman–Crippen LogP) is 1.35. The van der Waals surface area contributed by atoms with Crippen molar-refractivity contribution in [1.82, 2.24) is 30.0 Å². The molecule has 1 aromatic heterocycles. The number of urea groups is 1. The molecule has 0 fully saturated rings. The van der Waals surface area contributed by atoms with Crippen LogP contribution in [0.2, 0.25) is 0 Å². The number of fused-ring (bicyclic) bond motifs is 2. The first-order chi connectivity index (χ1) is 20.7. The van der Waals surface area contributed by atoms with Crippen molar-refractivity contribution >= 4 is 29.2 Å². The van der Waals surface area contributed by atoms with Crippen LogP contribution < -0.4 is 24.8 Å². The van der Waals surface area contributed by atoms with Gasteiger partial charge in [0.15, 0.2) is 11.5 Å². The highest BCUT2D eigenvalue weighted by Crippen LogP contribution is 2.34. The molecule has 228 valence electrons. The topological polar surface area (TPSA) is 173 Å². The van der Waals surface area contributed by atoms with Crippen molar-refractivity contribution in [2.24, 2.45) is 5.92 Å². The largest absolute Gasteiger partial charge is 0.488 e. The second kappa shape index (κ2) is 12.9. The lowest BCUT2D eigenvalue weighted by molar-refractivity contribution is -0.134. The highest BCUT2D eigenvalue weighted by atomic mass is 16.7. The molecule has 0 spiro atoms. The van der Waals surface area contributed by atoms with E-state index in [1.807, 2.05) is 6.92 Å². The number of carbonyl (C=O) groups is 3. The van der Waals surface area contributed by atoms with Crippen LogP contribution in [0.3, 0.4) is 0 Å². The summed E-state index contributed by atoms with van der Waals surface area (Å²) in [5, 5.41) is 26.3. The zero-order valence-electron chi connectivity index (χ0n) is 24.1. The van der Waals surface area contributed by atoms with Crippen LogP contribution in [0.15, 0.2) is 42.7 Å². The molecule has 0 radical (unpaired) electrons. The third-order valence-corrected chi connectivity index (χ3v) is 7.32. The molecular weight excluding hydrogens is 560 g/mol. The minimum atomic E-state index is -0.509. The van der Waals surface area contributed by atoms with Crippen LogP contribution in [0.4, 0.5) is 16.2 Å². The summed E-state index contributed by atoms with van der Waals surface area (Å²) < 4.78 is 18.5. The van der Waals surface area contributed by atoms with Gasteiger partial charge in [0.1, 0.15) is 24.7 Å². The molecule has 2 aromatic carbocycles. The molecule has 4 amide bonds. The first-order valence-corrected chi connectivity index (χ1v) is 13.8. The number of benzene rings is 2. The average molecular weight is 595 g/mol. The molecule has 3 heterocycles. The van der Waals surface area contributed by atoms with Crippen LogP contribution in [0.5, 0.6) is 17.2 Å². The average Bonchev–Trinajstić information content (AvgIpc) is 3.68. The summed E-state index contributed by atoms with van der Waals surface area (Å²) in [6, 6.07) is 9.45. The van der Waals surface area contributed by atoms with Gasteiger partial charge in [0.2, 0.25) is 18.6 Å². The first kappa shape index (κ1) is 29.6. The molecule has 3 aromatic rings. The molecule has 15 nitrogen and oxygen atoms in total. The summed E-state index contributed by atoms with van der Waals surface area (Å²) in [5.41, 5.74) is 1.59. The fourth-order valence-corrected chi connectivity index (χ4v) is 4.87. The van der Waals surface area contributed by atoms with E-state index in [2.05, 4.69) is 26.2 Å². The highest BCUT2D eigenvalue weighted by Gasteiger charge is 2.32. The van der Waals surface area contributed by atoms with E-state index < -0.39 is 12.1 Å². The van der Waals surface area contributed by atoms with Crippen molar-refractivity contribution in [3.8, 4) is 17.2 Å². The molecule has 0 unspecified atom stereocenters. The van der Waals surface area contributed by atoms with Crippen molar-refractivity contribution in [3.05, 3.63) is 48.3 Å². The van der Waals surface area contributed by atoms with Crippen molar-refractivity contribution in [1.29, 1.82) is 0 Å². The number of carbonyl (C=O) groups excluding carboxylic acids is 3. The van der Waals surface area contributed by atoms with E-state index in [0.717, 1.165) is 0 Å². The maximum absolute atomic E-state index is 13.4. The lowest BCUT2D eigenvalue weighted by Crippen LogP contribution is -2.48. The van der Waals surface area contributed by atoms with Crippen LogP contribution in [-0.2, 0) is 22.6 Å². The molecule has 43 heavy (non-hydrogen) atoms. The zero-order chi connectivity index (χ0) is 30.5. The number of aliphatic hydroxyl groups is 1. The van der Waals surface area contributed by atoms with E-state index in [1.165, 1.54) is 15.9 Å². The molecule has 0 saturated carbocycles. The zero-order valence-corrected chi connectivity index (χ0v) is 24.1. The van der Waals surface area contributed by atoms with Gasteiger partial charge in [-0.2, -0.15) is 0 Å². The van der Waals surface area contributed by atoms with Gasteiger partial charge in [0.05, 0.1) is 25.6 Å². The van der Waals surface area contributed by atoms with Gasteiger partial charge in [-0.05, 0) is 47.7 Å². The van der Waals surface area contributed by atoms with Crippen LogP contribution >= 0.6 is 0 Å². The summed E-state index contributed by atoms with van der Waals surface area (Å²) in [4.78, 5) is 42.2. The quantitative estimate of drug-likeness (QED) is 0.346. The Morgan fingerprint density at radius 2 is 1.86 bits per heavy atom. The van der Waals surface area contributed by atoms with Crippen molar-refractivity contribution < 1.29 is 33.7 Å². The lowest BCUT2D eigenvalue weighted by Gasteiger charge is -2.34. The van der Waals surface area contributed by atoms with E-state index in [4.69, 9.17) is 14.2 Å². The fourth-order valence-electron chi connectivity index (χ4n) is 4.87. The van der Waals surface area contributed by atoms with E-state index in [-0.39, 0.29) is 56.7 Å². The van der Waals surface area contributed by atoms with Gasteiger partial charge in [0.25, 0.3) is 0 Å². The Balaban J connectivity index is 1.34. The molecule has 5 rings (SSSR count). The van der Waals surface area contributed by atoms with Gasteiger partial charge >= 0.3 is 6.03 Å². The summed E-state index contributed by atoms with van der Waals surface area (Å²) in [5.74, 6) is 0.889. The van der Waals surface area contributed by atoms with Crippen LogP contribution in [0, 0.1) is 5.92 Å². The number of aromatic nitrogens is 4. The number of likely N-dealkylation sites (N-methyl/N-ethyl adjacent to an activating group) is 1. The van der Waals surface area contributed by atoms with Gasteiger partial charge in [-0.3, -0.25) is 9.59 Å². The van der Waals surface area contributed by atoms with Crippen molar-refractivity contribution in [2.75, 3.05) is 44.2 Å². The normalized spacial score (nSPS) is 18.4. The highest BCUT2D eigenvalue weighted by molar-refractivity contribution is 5.91. The number of anilines is 2. The number of nitrogens with one attached hydrogen (secondary N) is 2. The molecule has 0 aliphatic carbocycles. The monoisotopic (exact) mass is 594 g/mol. The minimum Gasteiger partial charge on any atom is -0.488 e. The minimum absolute atomic E-state index is 0.00371. The van der Waals surface area contributed by atoms with Gasteiger partial charge in [-0.1, -0.05) is 6.92 Å². The number of amides is 4. The molecule has 2 aliphatic heterocycles. The van der Waals surface area contributed by atoms with E-state index >= 15 is 0 Å². The number of hydrogen-bond acceptors (Lipinski definition) is 10. The second-order valence-corrected chi connectivity index (χ2v) is 10.6. The number of nitrogens with zero attached hydrogens (tertiary/aromatic N) is 6. The molecule has 3 atom stereocenters. The molecular formula is C28H34N8O7. The number of rotatable bonds is 8. The number of ether oxygens (including phenoxy) is 3. The molecule has 0 bridgehead atoms. The summed E-state index contributed by atoms with van der Waals surface area (Å²) in [7, 11) is 1.66. The van der Waals surface area contributed by atoms with E-state index in [9.17, 15) is 19.5 Å². The molecule has 2 aliphatic rings. The molecule has 0 saturated heterocycles. The second-order valence-electron chi connectivity index (χ2n) is 10.6. The first-order valence-electron chi connectivity index (χ1n) is 13.8. The maximum atomic E-state index is 13.4. The standard InChI is InChI=1S/C28H34N8O7/c1-17-11-36(18(2)14-37)27(39)9-19-8-20(30-26(38)13-35-15-29-32-33-35)4-6-22(19)43-25(17)12-34(3)28(40)31-21-5-7-23-24(10-21)42-16-41-23/h4-8,10,15,17-18,25,37H,9,11-14,16H2,1-3H3,(H,30,38)(H,31,40)/t17-,18+,25-/m0/s1. The van der Waals surface area contributed by atoms with Gasteiger partial charge in [-0.25, -0.2) is 9.48 Å². The Kier molecular flexibility index (Phi) is 8.90. The summed E-state index contributed by atoms with van der Waals surface area (Å²) in [6.07, 6.45) is 0.822. The Morgan fingerprint density at radius 1 is 1.12 bits per heavy atom. The lowest BCUT2D eigenvalue weighted by atomic mass is 10.0. The smallest absolute Gasteiger partial charge is 0.321 e. The van der Waals surface area contributed by atoms with E-state index in [0.29, 0.717) is 40.7 Å². The van der Waals surface area contributed by atoms with Crippen LogP contribution in [-0.4, -0.2) is 98.6 Å². The SMILES string of the molecule is C[C@H](CO)N1C[C@H](C)[C@H](CN(C)C(=O)Nc2ccc3c(c2)OCO3)Oc2ccc(NC(=O)Cn3cnnn3)cc2CC1=O. The van der Waals surface area contributed by atoms with Crippen LogP contribution in [0.25, 0.3) is 0 Å². The summed E-state index contributed by atoms with van der Waals surface area (Å²) >= 11 is 0. The van der Waals surface area contributed by atoms with Gasteiger partial charge in [0, 0.05) is 42.5 Å². The Hall–Kier alpha value is -4.92.